The Labute approximate surface area is 74.7 Å². The molecule has 0 saturated heterocycles. The highest BCUT2D eigenvalue weighted by atomic mass is 16.2. The molecule has 1 saturated carbocycles. The van der Waals surface area contributed by atoms with Crippen molar-refractivity contribution in [1.29, 1.82) is 0 Å². The van der Waals surface area contributed by atoms with Gasteiger partial charge in [-0.2, -0.15) is 0 Å². The SMILES string of the molecule is CC(C)(C)C(=O)NCCC1CC1. The highest BCUT2D eigenvalue weighted by molar-refractivity contribution is 5.81. The van der Waals surface area contributed by atoms with E-state index in [0.717, 1.165) is 12.5 Å². The van der Waals surface area contributed by atoms with Crippen molar-refractivity contribution in [2.75, 3.05) is 6.54 Å². The first-order chi connectivity index (χ1) is 5.50. The molecule has 0 radical (unpaired) electrons. The zero-order valence-corrected chi connectivity index (χ0v) is 8.31. The third-order valence-corrected chi connectivity index (χ3v) is 2.22. The van der Waals surface area contributed by atoms with Gasteiger partial charge in [0.15, 0.2) is 0 Å². The van der Waals surface area contributed by atoms with E-state index < -0.39 is 0 Å². The van der Waals surface area contributed by atoms with E-state index in [1.807, 2.05) is 20.8 Å². The maximum Gasteiger partial charge on any atom is 0.225 e. The number of amides is 1. The summed E-state index contributed by atoms with van der Waals surface area (Å²) in [4.78, 5) is 11.4. The van der Waals surface area contributed by atoms with Gasteiger partial charge in [-0.3, -0.25) is 4.79 Å². The fourth-order valence-electron chi connectivity index (χ4n) is 1.06. The van der Waals surface area contributed by atoms with Crippen molar-refractivity contribution in [2.45, 2.75) is 40.0 Å². The third-order valence-electron chi connectivity index (χ3n) is 2.22. The van der Waals surface area contributed by atoms with Crippen LogP contribution < -0.4 is 5.32 Å². The topological polar surface area (TPSA) is 29.1 Å². The molecule has 1 fully saturated rings. The molecule has 0 aromatic carbocycles. The van der Waals surface area contributed by atoms with Gasteiger partial charge in [0.05, 0.1) is 0 Å². The van der Waals surface area contributed by atoms with Crippen LogP contribution in [-0.2, 0) is 4.79 Å². The standard InChI is InChI=1S/C10H19NO/c1-10(2,3)9(12)11-7-6-8-4-5-8/h8H,4-7H2,1-3H3,(H,11,12). The number of hydrogen-bond acceptors (Lipinski definition) is 1. The van der Waals surface area contributed by atoms with Crippen molar-refractivity contribution in [3.63, 3.8) is 0 Å². The predicted molar refractivity (Wildman–Crippen MR) is 49.8 cm³/mol. The molecule has 0 aromatic heterocycles. The molecule has 0 spiro atoms. The summed E-state index contributed by atoms with van der Waals surface area (Å²) in [6.07, 6.45) is 3.90. The van der Waals surface area contributed by atoms with Crippen LogP contribution in [0, 0.1) is 11.3 Å². The van der Waals surface area contributed by atoms with Gasteiger partial charge < -0.3 is 5.32 Å². The van der Waals surface area contributed by atoms with Gasteiger partial charge in [-0.15, -0.1) is 0 Å². The minimum atomic E-state index is -0.233. The van der Waals surface area contributed by atoms with Crippen LogP contribution in [0.1, 0.15) is 40.0 Å². The van der Waals surface area contributed by atoms with E-state index >= 15 is 0 Å². The number of carbonyl (C=O) groups excluding carboxylic acids is 1. The molecule has 0 atom stereocenters. The number of rotatable bonds is 3. The van der Waals surface area contributed by atoms with Gasteiger partial charge in [-0.1, -0.05) is 33.6 Å². The van der Waals surface area contributed by atoms with Gasteiger partial charge in [-0.25, -0.2) is 0 Å². The second kappa shape index (κ2) is 3.46. The quantitative estimate of drug-likeness (QED) is 0.687. The Kier molecular flexibility index (Phi) is 2.76. The zero-order chi connectivity index (χ0) is 9.19. The summed E-state index contributed by atoms with van der Waals surface area (Å²) in [5.41, 5.74) is -0.233. The summed E-state index contributed by atoms with van der Waals surface area (Å²) in [6, 6.07) is 0. The maximum absolute atomic E-state index is 11.4. The summed E-state index contributed by atoms with van der Waals surface area (Å²) in [7, 11) is 0. The normalized spacial score (nSPS) is 17.6. The lowest BCUT2D eigenvalue weighted by Gasteiger charge is -2.17. The lowest BCUT2D eigenvalue weighted by molar-refractivity contribution is -0.128. The molecule has 1 aliphatic carbocycles. The van der Waals surface area contributed by atoms with Crippen LogP contribution in [-0.4, -0.2) is 12.5 Å². The Balaban J connectivity index is 2.08. The van der Waals surface area contributed by atoms with Gasteiger partial charge >= 0.3 is 0 Å². The van der Waals surface area contributed by atoms with Gasteiger partial charge in [0.1, 0.15) is 0 Å². The van der Waals surface area contributed by atoms with Gasteiger partial charge in [0, 0.05) is 12.0 Å². The summed E-state index contributed by atoms with van der Waals surface area (Å²) in [5, 5.41) is 2.96. The average Bonchev–Trinajstić information content (AvgIpc) is 2.69. The Hall–Kier alpha value is -0.530. The molecule has 0 heterocycles. The van der Waals surface area contributed by atoms with E-state index in [2.05, 4.69) is 5.32 Å². The molecule has 0 aliphatic heterocycles. The van der Waals surface area contributed by atoms with E-state index in [1.165, 1.54) is 19.3 Å². The van der Waals surface area contributed by atoms with E-state index in [0.29, 0.717) is 0 Å². The van der Waals surface area contributed by atoms with Gasteiger partial charge in [0.2, 0.25) is 5.91 Å². The van der Waals surface area contributed by atoms with Crippen LogP contribution in [0.3, 0.4) is 0 Å². The molecule has 2 heteroatoms. The van der Waals surface area contributed by atoms with E-state index in [4.69, 9.17) is 0 Å². The monoisotopic (exact) mass is 169 g/mol. The minimum Gasteiger partial charge on any atom is -0.356 e. The number of nitrogens with one attached hydrogen (secondary N) is 1. The first-order valence-electron chi connectivity index (χ1n) is 4.78. The lowest BCUT2D eigenvalue weighted by atomic mass is 9.96. The molecule has 1 amide bonds. The van der Waals surface area contributed by atoms with Crippen molar-refractivity contribution in [3.8, 4) is 0 Å². The average molecular weight is 169 g/mol. The van der Waals surface area contributed by atoms with Crippen LogP contribution in [0.5, 0.6) is 0 Å². The molecule has 1 N–H and O–H groups in total. The van der Waals surface area contributed by atoms with Crippen molar-refractivity contribution in [2.24, 2.45) is 11.3 Å². The maximum atomic E-state index is 11.4. The molecule has 0 aromatic rings. The predicted octanol–water partition coefficient (Wildman–Crippen LogP) is 1.95. The van der Waals surface area contributed by atoms with E-state index in [1.54, 1.807) is 0 Å². The summed E-state index contributed by atoms with van der Waals surface area (Å²) in [6.45, 7) is 6.69. The second-order valence-corrected chi connectivity index (χ2v) is 4.74. The van der Waals surface area contributed by atoms with Crippen LogP contribution in [0.15, 0.2) is 0 Å². The van der Waals surface area contributed by atoms with Crippen LogP contribution in [0.2, 0.25) is 0 Å². The fraction of sp³-hybridized carbons (Fsp3) is 0.900. The second-order valence-electron chi connectivity index (χ2n) is 4.74. The minimum absolute atomic E-state index is 0.170. The highest BCUT2D eigenvalue weighted by Gasteiger charge is 2.23. The van der Waals surface area contributed by atoms with Crippen molar-refractivity contribution >= 4 is 5.91 Å². The molecule has 0 bridgehead atoms. The zero-order valence-electron chi connectivity index (χ0n) is 8.31. The van der Waals surface area contributed by atoms with Crippen LogP contribution in [0.4, 0.5) is 0 Å². The largest absolute Gasteiger partial charge is 0.356 e. The van der Waals surface area contributed by atoms with Gasteiger partial charge in [-0.05, 0) is 12.3 Å². The Morgan fingerprint density at radius 1 is 1.42 bits per heavy atom. The molecule has 70 valence electrons. The first-order valence-corrected chi connectivity index (χ1v) is 4.78. The molecule has 1 aliphatic rings. The van der Waals surface area contributed by atoms with Crippen molar-refractivity contribution in [3.05, 3.63) is 0 Å². The summed E-state index contributed by atoms with van der Waals surface area (Å²) < 4.78 is 0. The fourth-order valence-corrected chi connectivity index (χ4v) is 1.06. The van der Waals surface area contributed by atoms with Crippen molar-refractivity contribution < 1.29 is 4.79 Å². The molecule has 2 nitrogen and oxygen atoms in total. The summed E-state index contributed by atoms with van der Waals surface area (Å²) in [5.74, 6) is 1.08. The van der Waals surface area contributed by atoms with Crippen LogP contribution in [0.25, 0.3) is 0 Å². The Morgan fingerprint density at radius 2 is 2.00 bits per heavy atom. The number of hydrogen-bond donors (Lipinski definition) is 1. The van der Waals surface area contributed by atoms with E-state index in [9.17, 15) is 4.79 Å². The molecular formula is C10H19NO. The van der Waals surface area contributed by atoms with Gasteiger partial charge in [0.25, 0.3) is 0 Å². The summed E-state index contributed by atoms with van der Waals surface area (Å²) >= 11 is 0. The highest BCUT2D eigenvalue weighted by Crippen LogP contribution is 2.31. The van der Waals surface area contributed by atoms with Crippen LogP contribution >= 0.6 is 0 Å². The lowest BCUT2D eigenvalue weighted by Crippen LogP contribution is -2.35. The number of carbonyl (C=O) groups is 1. The Bertz CT molecular complexity index is 165. The molecule has 0 unspecified atom stereocenters. The van der Waals surface area contributed by atoms with E-state index in [-0.39, 0.29) is 11.3 Å². The molecule has 12 heavy (non-hydrogen) atoms. The molecular weight excluding hydrogens is 150 g/mol. The first kappa shape index (κ1) is 9.56. The van der Waals surface area contributed by atoms with Crippen molar-refractivity contribution in [1.82, 2.24) is 5.32 Å². The smallest absolute Gasteiger partial charge is 0.225 e. The third kappa shape index (κ3) is 3.24. The molecule has 1 rings (SSSR count). The Morgan fingerprint density at radius 3 is 2.42 bits per heavy atom.